The van der Waals surface area contributed by atoms with Crippen molar-refractivity contribution in [2.75, 3.05) is 22.2 Å². The summed E-state index contributed by atoms with van der Waals surface area (Å²) in [5.74, 6) is 0.0527. The first-order valence-electron chi connectivity index (χ1n) is 8.02. The normalized spacial score (nSPS) is 18.6. The molecule has 0 bridgehead atoms. The van der Waals surface area contributed by atoms with E-state index in [1.807, 2.05) is 30.3 Å². The van der Waals surface area contributed by atoms with Crippen molar-refractivity contribution in [1.29, 1.82) is 0 Å². The molecule has 1 aliphatic heterocycles. The second kappa shape index (κ2) is 8.21. The van der Waals surface area contributed by atoms with Crippen LogP contribution in [0.25, 0.3) is 0 Å². The summed E-state index contributed by atoms with van der Waals surface area (Å²) in [7, 11) is -3.11. The molecule has 1 aliphatic rings. The Hall–Kier alpha value is -1.21. The predicted molar refractivity (Wildman–Crippen MR) is 108 cm³/mol. The van der Waals surface area contributed by atoms with E-state index in [4.69, 9.17) is 23.2 Å². The van der Waals surface area contributed by atoms with Crippen LogP contribution in [0.5, 0.6) is 0 Å². The summed E-state index contributed by atoms with van der Waals surface area (Å²) in [5, 5.41) is 0.981. The van der Waals surface area contributed by atoms with Crippen molar-refractivity contribution in [3.05, 3.63) is 58.6 Å². The lowest BCUT2D eigenvalue weighted by molar-refractivity contribution is -0.116. The number of benzene rings is 2. The molecule has 1 unspecified atom stereocenters. The van der Waals surface area contributed by atoms with Gasteiger partial charge in [0.1, 0.15) is 0 Å². The van der Waals surface area contributed by atoms with Crippen LogP contribution >= 0.6 is 35.0 Å². The highest BCUT2D eigenvalue weighted by molar-refractivity contribution is 8.00. The van der Waals surface area contributed by atoms with E-state index >= 15 is 0 Å². The summed E-state index contributed by atoms with van der Waals surface area (Å²) in [6.45, 7) is 0. The number of thioether (sulfide) groups is 1. The quantitative estimate of drug-likeness (QED) is 0.664. The van der Waals surface area contributed by atoms with Gasteiger partial charge in [-0.1, -0.05) is 47.5 Å². The van der Waals surface area contributed by atoms with Crippen LogP contribution in [0.4, 0.5) is 5.69 Å². The van der Waals surface area contributed by atoms with Gasteiger partial charge in [0.2, 0.25) is 5.91 Å². The Morgan fingerprint density at radius 3 is 2.31 bits per heavy atom. The molecule has 1 heterocycles. The van der Waals surface area contributed by atoms with Gasteiger partial charge in [-0.25, -0.2) is 8.42 Å². The molecule has 3 rings (SSSR count). The first kappa shape index (κ1) is 19.5. The maximum absolute atomic E-state index is 13.0. The third-order valence-electron chi connectivity index (χ3n) is 4.14. The Kier molecular flexibility index (Phi) is 6.17. The lowest BCUT2D eigenvalue weighted by Gasteiger charge is -2.28. The smallest absolute Gasteiger partial charge is 0.237 e. The second-order valence-electron chi connectivity index (χ2n) is 6.00. The monoisotopic (exact) mass is 429 g/mol. The maximum atomic E-state index is 13.0. The average Bonchev–Trinajstić information content (AvgIpc) is 2.95. The SMILES string of the molecule is O=C(CSc1c(Cl)cccc1Cl)N(c1ccccc1)C1CCS(=O)(=O)C1. The van der Waals surface area contributed by atoms with E-state index in [0.29, 0.717) is 27.0 Å². The van der Waals surface area contributed by atoms with E-state index in [1.54, 1.807) is 23.1 Å². The van der Waals surface area contributed by atoms with E-state index in [1.165, 1.54) is 11.8 Å². The van der Waals surface area contributed by atoms with Gasteiger partial charge in [0, 0.05) is 10.6 Å². The van der Waals surface area contributed by atoms with E-state index in [9.17, 15) is 13.2 Å². The molecule has 1 amide bonds. The van der Waals surface area contributed by atoms with Gasteiger partial charge in [-0.15, -0.1) is 11.8 Å². The van der Waals surface area contributed by atoms with Crippen molar-refractivity contribution < 1.29 is 13.2 Å². The van der Waals surface area contributed by atoms with Crippen LogP contribution in [0.2, 0.25) is 10.0 Å². The fraction of sp³-hybridized carbons (Fsp3) is 0.278. The molecule has 1 atom stereocenters. The van der Waals surface area contributed by atoms with Crippen molar-refractivity contribution in [3.63, 3.8) is 0 Å². The number of hydrogen-bond acceptors (Lipinski definition) is 4. The van der Waals surface area contributed by atoms with Crippen molar-refractivity contribution in [2.45, 2.75) is 17.4 Å². The second-order valence-corrected chi connectivity index (χ2v) is 10.0. The molecule has 0 aromatic heterocycles. The number of para-hydroxylation sites is 1. The molecule has 2 aromatic rings. The fourth-order valence-electron chi connectivity index (χ4n) is 2.95. The molecule has 0 radical (unpaired) electrons. The van der Waals surface area contributed by atoms with Crippen LogP contribution in [-0.4, -0.2) is 37.6 Å². The number of halogens is 2. The molecule has 0 aliphatic carbocycles. The van der Waals surface area contributed by atoms with Crippen molar-refractivity contribution in [3.8, 4) is 0 Å². The highest BCUT2D eigenvalue weighted by Crippen LogP contribution is 2.34. The zero-order valence-corrected chi connectivity index (χ0v) is 16.9. The molecule has 1 saturated heterocycles. The molecule has 8 heteroatoms. The molecular formula is C18H17Cl2NO3S2. The molecule has 138 valence electrons. The van der Waals surface area contributed by atoms with E-state index in [0.717, 1.165) is 0 Å². The number of nitrogens with zero attached hydrogens (tertiary/aromatic N) is 1. The van der Waals surface area contributed by atoms with E-state index in [-0.39, 0.29) is 29.2 Å². The van der Waals surface area contributed by atoms with Gasteiger partial charge in [0.05, 0.1) is 33.3 Å². The lowest BCUT2D eigenvalue weighted by Crippen LogP contribution is -2.42. The Labute approximate surface area is 167 Å². The van der Waals surface area contributed by atoms with Crippen LogP contribution in [0.1, 0.15) is 6.42 Å². The highest BCUT2D eigenvalue weighted by Gasteiger charge is 2.35. The Bertz CT molecular complexity index is 884. The minimum absolute atomic E-state index is 0.00878. The number of rotatable bonds is 5. The number of hydrogen-bond donors (Lipinski definition) is 0. The summed E-state index contributed by atoms with van der Waals surface area (Å²) in [4.78, 5) is 15.2. The largest absolute Gasteiger partial charge is 0.308 e. The number of amides is 1. The van der Waals surface area contributed by atoms with Crippen LogP contribution in [0.15, 0.2) is 53.4 Å². The van der Waals surface area contributed by atoms with Crippen molar-refractivity contribution in [2.24, 2.45) is 0 Å². The fourth-order valence-corrected chi connectivity index (χ4v) is 6.19. The van der Waals surface area contributed by atoms with E-state index < -0.39 is 9.84 Å². The Morgan fingerprint density at radius 2 is 1.73 bits per heavy atom. The highest BCUT2D eigenvalue weighted by atomic mass is 35.5. The van der Waals surface area contributed by atoms with Gasteiger partial charge < -0.3 is 4.90 Å². The average molecular weight is 430 g/mol. The van der Waals surface area contributed by atoms with Gasteiger partial charge in [0.25, 0.3) is 0 Å². The number of anilines is 1. The first-order chi connectivity index (χ1) is 12.4. The molecule has 0 N–H and O–H groups in total. The molecule has 26 heavy (non-hydrogen) atoms. The first-order valence-corrected chi connectivity index (χ1v) is 11.6. The van der Waals surface area contributed by atoms with Crippen LogP contribution in [-0.2, 0) is 14.6 Å². The number of sulfone groups is 1. The standard InChI is InChI=1S/C18H17Cl2NO3S2/c19-15-7-4-8-16(20)18(15)25-11-17(22)21(13-5-2-1-3-6-13)14-9-10-26(23,24)12-14/h1-8,14H,9-12H2. The Morgan fingerprint density at radius 1 is 1.08 bits per heavy atom. The van der Waals surface area contributed by atoms with Gasteiger partial charge in [-0.2, -0.15) is 0 Å². The molecule has 0 spiro atoms. The molecule has 0 saturated carbocycles. The summed E-state index contributed by atoms with van der Waals surface area (Å²) in [6, 6.07) is 14.0. The molecule has 1 fully saturated rings. The summed E-state index contributed by atoms with van der Waals surface area (Å²) < 4.78 is 23.8. The summed E-state index contributed by atoms with van der Waals surface area (Å²) >= 11 is 13.6. The molecule has 2 aromatic carbocycles. The number of carbonyl (C=O) groups excluding carboxylic acids is 1. The number of carbonyl (C=O) groups is 1. The lowest BCUT2D eigenvalue weighted by atomic mass is 10.2. The van der Waals surface area contributed by atoms with Gasteiger partial charge >= 0.3 is 0 Å². The molecule has 4 nitrogen and oxygen atoms in total. The minimum Gasteiger partial charge on any atom is -0.308 e. The predicted octanol–water partition coefficient (Wildman–Crippen LogP) is 4.31. The summed E-state index contributed by atoms with van der Waals surface area (Å²) in [5.41, 5.74) is 0.699. The van der Waals surface area contributed by atoms with Crippen molar-refractivity contribution in [1.82, 2.24) is 0 Å². The van der Waals surface area contributed by atoms with Gasteiger partial charge in [-0.05, 0) is 30.7 Å². The van der Waals surface area contributed by atoms with Gasteiger partial charge in [0.15, 0.2) is 9.84 Å². The van der Waals surface area contributed by atoms with Crippen LogP contribution < -0.4 is 4.90 Å². The maximum Gasteiger partial charge on any atom is 0.237 e. The zero-order valence-electron chi connectivity index (χ0n) is 13.8. The van der Waals surface area contributed by atoms with E-state index in [2.05, 4.69) is 0 Å². The third-order valence-corrected chi connectivity index (χ3v) is 7.86. The minimum atomic E-state index is -3.11. The molecular weight excluding hydrogens is 413 g/mol. The summed E-state index contributed by atoms with van der Waals surface area (Å²) in [6.07, 6.45) is 0.445. The van der Waals surface area contributed by atoms with Crippen LogP contribution in [0.3, 0.4) is 0 Å². The third kappa shape index (κ3) is 4.55. The zero-order chi connectivity index (χ0) is 18.7. The Balaban J connectivity index is 1.82. The topological polar surface area (TPSA) is 54.5 Å². The van der Waals surface area contributed by atoms with Gasteiger partial charge in [-0.3, -0.25) is 4.79 Å². The van der Waals surface area contributed by atoms with Crippen molar-refractivity contribution >= 4 is 56.4 Å². The van der Waals surface area contributed by atoms with Crippen LogP contribution in [0, 0.1) is 0 Å².